The van der Waals surface area contributed by atoms with Gasteiger partial charge in [-0.15, -0.1) is 5.10 Å². The standard InChI is InChI=1S/C26H33ClN8O2/c1-3-34(2)24(36)12-16-4-6-18(7-5-16)31-23-14-20(30-17-8-9-17)25-29-15-21(35(25)33-23)26(37)32-19-10-11-28-22(27)13-19/h10-11,13-18,30H,3-9,12H2,1-2H3,(H,31,33)(H,28,32,37). The number of nitrogens with zero attached hydrogens (tertiary/aromatic N) is 5. The molecule has 10 nitrogen and oxygen atoms in total. The van der Waals surface area contributed by atoms with Crippen LogP contribution >= 0.6 is 11.6 Å². The lowest BCUT2D eigenvalue weighted by atomic mass is 9.84. The molecule has 2 aliphatic carbocycles. The maximum absolute atomic E-state index is 13.1. The van der Waals surface area contributed by atoms with E-state index in [4.69, 9.17) is 16.7 Å². The number of carbonyl (C=O) groups excluding carboxylic acids is 2. The zero-order valence-corrected chi connectivity index (χ0v) is 22.0. The first-order chi connectivity index (χ1) is 17.9. The maximum atomic E-state index is 13.1. The van der Waals surface area contributed by atoms with Gasteiger partial charge in [-0.25, -0.2) is 14.5 Å². The molecule has 0 bridgehead atoms. The number of carbonyl (C=O) groups is 2. The molecular formula is C26H33ClN8O2. The third-order valence-electron chi connectivity index (χ3n) is 7.18. The number of hydrogen-bond donors (Lipinski definition) is 3. The molecule has 196 valence electrons. The lowest BCUT2D eigenvalue weighted by Gasteiger charge is -2.30. The van der Waals surface area contributed by atoms with Gasteiger partial charge in [-0.1, -0.05) is 11.6 Å². The van der Waals surface area contributed by atoms with Gasteiger partial charge in [-0.2, -0.15) is 0 Å². The third kappa shape index (κ3) is 6.12. The molecule has 0 atom stereocenters. The number of anilines is 3. The fourth-order valence-electron chi connectivity index (χ4n) is 4.72. The van der Waals surface area contributed by atoms with Crippen molar-refractivity contribution in [3.8, 4) is 0 Å². The van der Waals surface area contributed by atoms with Crippen molar-refractivity contribution in [1.29, 1.82) is 0 Å². The minimum absolute atomic E-state index is 0.224. The lowest BCUT2D eigenvalue weighted by Crippen LogP contribution is -2.31. The van der Waals surface area contributed by atoms with Crippen molar-refractivity contribution >= 4 is 46.3 Å². The highest BCUT2D eigenvalue weighted by Crippen LogP contribution is 2.32. The van der Waals surface area contributed by atoms with Crippen molar-refractivity contribution in [2.45, 2.75) is 64.0 Å². The lowest BCUT2D eigenvalue weighted by molar-refractivity contribution is -0.130. The van der Waals surface area contributed by atoms with Gasteiger partial charge in [0.25, 0.3) is 5.91 Å². The Balaban J connectivity index is 1.31. The number of pyridine rings is 1. The summed E-state index contributed by atoms with van der Waals surface area (Å²) in [7, 11) is 1.86. The van der Waals surface area contributed by atoms with E-state index < -0.39 is 0 Å². The molecule has 3 N–H and O–H groups in total. The molecule has 3 heterocycles. The molecule has 2 aliphatic rings. The van der Waals surface area contributed by atoms with E-state index in [1.54, 1.807) is 21.5 Å². The largest absolute Gasteiger partial charge is 0.379 e. The molecule has 2 fully saturated rings. The summed E-state index contributed by atoms with van der Waals surface area (Å²) < 4.78 is 1.59. The quantitative estimate of drug-likeness (QED) is 0.354. The molecule has 3 aromatic rings. The van der Waals surface area contributed by atoms with Gasteiger partial charge in [0, 0.05) is 50.0 Å². The average Bonchev–Trinajstić information content (AvgIpc) is 3.59. The van der Waals surface area contributed by atoms with Crippen molar-refractivity contribution in [3.63, 3.8) is 0 Å². The second-order valence-electron chi connectivity index (χ2n) is 10.0. The molecule has 37 heavy (non-hydrogen) atoms. The summed E-state index contributed by atoms with van der Waals surface area (Å²) in [5.74, 6) is 1.01. The normalized spacial score (nSPS) is 19.4. The Morgan fingerprint density at radius 2 is 1.81 bits per heavy atom. The minimum Gasteiger partial charge on any atom is -0.379 e. The van der Waals surface area contributed by atoms with Crippen molar-refractivity contribution < 1.29 is 9.59 Å². The first-order valence-corrected chi connectivity index (χ1v) is 13.4. The van der Waals surface area contributed by atoms with E-state index in [1.165, 1.54) is 12.4 Å². The minimum atomic E-state index is -0.334. The average molecular weight is 525 g/mol. The van der Waals surface area contributed by atoms with Crippen LogP contribution in [0.4, 0.5) is 17.2 Å². The van der Waals surface area contributed by atoms with E-state index in [2.05, 4.69) is 25.9 Å². The van der Waals surface area contributed by atoms with Crippen LogP contribution in [0.3, 0.4) is 0 Å². The molecule has 0 spiro atoms. The van der Waals surface area contributed by atoms with Crippen LogP contribution in [0.25, 0.3) is 5.65 Å². The monoisotopic (exact) mass is 524 g/mol. The smallest absolute Gasteiger partial charge is 0.276 e. The molecule has 0 unspecified atom stereocenters. The number of amides is 2. The highest BCUT2D eigenvalue weighted by molar-refractivity contribution is 6.29. The molecular weight excluding hydrogens is 492 g/mol. The van der Waals surface area contributed by atoms with Crippen molar-refractivity contribution in [2.75, 3.05) is 29.5 Å². The maximum Gasteiger partial charge on any atom is 0.276 e. The summed E-state index contributed by atoms with van der Waals surface area (Å²) in [4.78, 5) is 35.6. The fraction of sp³-hybridized carbons (Fsp3) is 0.500. The number of hydrogen-bond acceptors (Lipinski definition) is 7. The van der Waals surface area contributed by atoms with Gasteiger partial charge in [-0.3, -0.25) is 9.59 Å². The van der Waals surface area contributed by atoms with Gasteiger partial charge in [0.2, 0.25) is 5.91 Å². The number of rotatable bonds is 9. The number of fused-ring (bicyclic) bond motifs is 1. The Bertz CT molecular complexity index is 1280. The first-order valence-electron chi connectivity index (χ1n) is 13.0. The van der Waals surface area contributed by atoms with Crippen LogP contribution in [0.5, 0.6) is 0 Å². The van der Waals surface area contributed by atoms with Crippen molar-refractivity contribution in [3.05, 3.63) is 41.4 Å². The van der Waals surface area contributed by atoms with Gasteiger partial charge >= 0.3 is 0 Å². The second-order valence-corrected chi connectivity index (χ2v) is 10.4. The molecule has 5 rings (SSSR count). The van der Waals surface area contributed by atoms with E-state index >= 15 is 0 Å². The van der Waals surface area contributed by atoms with E-state index in [1.807, 2.05) is 20.0 Å². The Kier molecular flexibility index (Phi) is 7.45. The number of aromatic nitrogens is 4. The summed E-state index contributed by atoms with van der Waals surface area (Å²) >= 11 is 5.96. The summed E-state index contributed by atoms with van der Waals surface area (Å²) in [5, 5.41) is 15.0. The third-order valence-corrected chi connectivity index (χ3v) is 7.39. The zero-order chi connectivity index (χ0) is 25.9. The first kappa shape index (κ1) is 25.3. The van der Waals surface area contributed by atoms with Gasteiger partial charge in [0.1, 0.15) is 11.0 Å². The molecule has 0 aromatic carbocycles. The van der Waals surface area contributed by atoms with E-state index in [0.717, 1.165) is 50.8 Å². The molecule has 0 radical (unpaired) electrons. The van der Waals surface area contributed by atoms with Crippen molar-refractivity contribution in [1.82, 2.24) is 24.5 Å². The Morgan fingerprint density at radius 1 is 1.08 bits per heavy atom. The molecule has 11 heteroatoms. The molecule has 0 saturated heterocycles. The summed E-state index contributed by atoms with van der Waals surface area (Å²) in [6.45, 7) is 2.74. The fourth-order valence-corrected chi connectivity index (χ4v) is 4.90. The van der Waals surface area contributed by atoms with Gasteiger partial charge in [-0.05, 0) is 63.5 Å². The van der Waals surface area contributed by atoms with Crippen LogP contribution in [0.15, 0.2) is 30.6 Å². The zero-order valence-electron chi connectivity index (χ0n) is 21.2. The van der Waals surface area contributed by atoms with Crippen molar-refractivity contribution in [2.24, 2.45) is 5.92 Å². The molecule has 0 aliphatic heterocycles. The summed E-state index contributed by atoms with van der Waals surface area (Å²) in [5.41, 5.74) is 2.34. The Morgan fingerprint density at radius 3 is 2.51 bits per heavy atom. The van der Waals surface area contributed by atoms with Crippen LogP contribution in [0, 0.1) is 5.92 Å². The van der Waals surface area contributed by atoms with Gasteiger partial charge in [0.05, 0.1) is 11.9 Å². The molecule has 2 saturated carbocycles. The predicted molar refractivity (Wildman–Crippen MR) is 144 cm³/mol. The van der Waals surface area contributed by atoms with E-state index in [0.29, 0.717) is 46.4 Å². The second kappa shape index (κ2) is 10.9. The predicted octanol–water partition coefficient (Wildman–Crippen LogP) is 4.44. The van der Waals surface area contributed by atoms with Crippen LogP contribution in [-0.4, -0.2) is 62.0 Å². The van der Waals surface area contributed by atoms with Gasteiger partial charge in [0.15, 0.2) is 11.3 Å². The number of nitrogens with one attached hydrogen (secondary N) is 3. The van der Waals surface area contributed by atoms with Crippen LogP contribution in [0.1, 0.15) is 62.4 Å². The highest BCUT2D eigenvalue weighted by Gasteiger charge is 2.27. The highest BCUT2D eigenvalue weighted by atomic mass is 35.5. The Hall–Kier alpha value is -3.40. The number of halogens is 1. The molecule has 3 aromatic heterocycles. The van der Waals surface area contributed by atoms with Gasteiger partial charge < -0.3 is 20.9 Å². The summed E-state index contributed by atoms with van der Waals surface area (Å²) in [6, 6.07) is 5.93. The molecule has 2 amide bonds. The Labute approximate surface area is 221 Å². The van der Waals surface area contributed by atoms with Crippen LogP contribution in [-0.2, 0) is 4.79 Å². The van der Waals surface area contributed by atoms with E-state index in [-0.39, 0.29) is 17.9 Å². The number of imidazole rings is 1. The van der Waals surface area contributed by atoms with E-state index in [9.17, 15) is 9.59 Å². The topological polar surface area (TPSA) is 117 Å². The van der Waals surface area contributed by atoms with Crippen LogP contribution < -0.4 is 16.0 Å². The van der Waals surface area contributed by atoms with Crippen LogP contribution in [0.2, 0.25) is 5.15 Å². The summed E-state index contributed by atoms with van der Waals surface area (Å²) in [6.07, 6.45) is 9.88. The SMILES string of the molecule is CCN(C)C(=O)CC1CCC(Nc2cc(NC3CC3)c3ncc(C(=O)Nc4ccnc(Cl)c4)n3n2)CC1.